The first-order chi connectivity index (χ1) is 13.0. The molecule has 27 heavy (non-hydrogen) atoms. The third-order valence-electron chi connectivity index (χ3n) is 3.71. The number of amidine groups is 1. The number of hydrazine groups is 1. The standard InChI is InChI=1S/C17H17BrClN5O2S/c1-3-26-16(25)10-9-21-17(27-2)22-13(10)15-20-7-8-24(15)23-14-11(18)5-4-6-12(14)19/h4-6,9,23H,3,7-8H2,1-2H3. The Morgan fingerprint density at radius 3 is 3.00 bits per heavy atom. The number of carbonyl (C=O) groups excluding carboxylic acids is 1. The molecule has 0 aliphatic carbocycles. The van der Waals surface area contributed by atoms with Crippen molar-refractivity contribution in [1.29, 1.82) is 0 Å². The van der Waals surface area contributed by atoms with E-state index in [4.69, 9.17) is 16.3 Å². The molecule has 1 aliphatic heterocycles. The number of esters is 1. The van der Waals surface area contributed by atoms with Crippen LogP contribution in [0.3, 0.4) is 0 Å². The number of nitrogens with one attached hydrogen (secondary N) is 1. The zero-order chi connectivity index (χ0) is 19.4. The number of benzene rings is 1. The zero-order valence-corrected chi connectivity index (χ0v) is 17.9. The van der Waals surface area contributed by atoms with Crippen LogP contribution < -0.4 is 5.43 Å². The lowest BCUT2D eigenvalue weighted by Gasteiger charge is -2.24. The maximum Gasteiger partial charge on any atom is 0.342 e. The molecule has 0 spiro atoms. The van der Waals surface area contributed by atoms with Crippen molar-refractivity contribution in [2.75, 3.05) is 31.4 Å². The average molecular weight is 471 g/mol. The summed E-state index contributed by atoms with van der Waals surface area (Å²) in [5, 5.41) is 2.93. The fourth-order valence-electron chi connectivity index (χ4n) is 2.49. The van der Waals surface area contributed by atoms with Crippen LogP contribution in [0.5, 0.6) is 0 Å². The maximum atomic E-state index is 12.4. The lowest BCUT2D eigenvalue weighted by Crippen LogP contribution is -2.36. The Labute approximate surface area is 174 Å². The van der Waals surface area contributed by atoms with Crippen LogP contribution in [-0.2, 0) is 4.74 Å². The molecule has 0 atom stereocenters. The molecule has 1 aromatic carbocycles. The van der Waals surface area contributed by atoms with Gasteiger partial charge in [-0.2, -0.15) is 0 Å². The molecule has 1 N–H and O–H groups in total. The van der Waals surface area contributed by atoms with Crippen LogP contribution in [0.2, 0.25) is 5.02 Å². The van der Waals surface area contributed by atoms with E-state index in [-0.39, 0.29) is 12.2 Å². The second-order valence-corrected chi connectivity index (χ2v) is 7.44. The molecule has 0 unspecified atom stereocenters. The molecule has 2 heterocycles. The van der Waals surface area contributed by atoms with Gasteiger partial charge in [-0.25, -0.2) is 14.8 Å². The second kappa shape index (κ2) is 8.90. The molecule has 2 aromatic rings. The van der Waals surface area contributed by atoms with Gasteiger partial charge in [0, 0.05) is 10.7 Å². The zero-order valence-electron chi connectivity index (χ0n) is 14.7. The van der Waals surface area contributed by atoms with Gasteiger partial charge in [-0.15, -0.1) is 0 Å². The number of hydrogen-bond acceptors (Lipinski definition) is 8. The number of ether oxygens (including phenoxy) is 1. The fourth-order valence-corrected chi connectivity index (χ4v) is 3.62. The number of halogens is 2. The van der Waals surface area contributed by atoms with Gasteiger partial charge in [0.2, 0.25) is 0 Å². The molecule has 0 saturated carbocycles. The summed E-state index contributed by atoms with van der Waals surface area (Å²) in [6, 6.07) is 5.54. The first-order valence-electron chi connectivity index (χ1n) is 8.16. The number of thioether (sulfide) groups is 1. The van der Waals surface area contributed by atoms with Crippen LogP contribution in [0.25, 0.3) is 0 Å². The minimum absolute atomic E-state index is 0.267. The van der Waals surface area contributed by atoms with E-state index in [1.807, 2.05) is 23.4 Å². The van der Waals surface area contributed by atoms with Crippen molar-refractivity contribution in [1.82, 2.24) is 15.0 Å². The van der Waals surface area contributed by atoms with Gasteiger partial charge in [0.25, 0.3) is 0 Å². The van der Waals surface area contributed by atoms with Crippen molar-refractivity contribution in [3.05, 3.63) is 45.1 Å². The first-order valence-corrected chi connectivity index (χ1v) is 10.6. The Morgan fingerprint density at radius 1 is 1.48 bits per heavy atom. The molecule has 7 nitrogen and oxygen atoms in total. The van der Waals surface area contributed by atoms with Crippen LogP contribution in [-0.4, -0.2) is 52.7 Å². The van der Waals surface area contributed by atoms with Gasteiger partial charge >= 0.3 is 5.97 Å². The van der Waals surface area contributed by atoms with Crippen molar-refractivity contribution in [2.24, 2.45) is 4.99 Å². The Morgan fingerprint density at radius 2 is 2.30 bits per heavy atom. The molecule has 0 bridgehead atoms. The summed E-state index contributed by atoms with van der Waals surface area (Å²) in [5.74, 6) is 0.0659. The van der Waals surface area contributed by atoms with Gasteiger partial charge < -0.3 is 4.74 Å². The largest absolute Gasteiger partial charge is 0.462 e. The highest BCUT2D eigenvalue weighted by Crippen LogP contribution is 2.31. The second-order valence-electron chi connectivity index (χ2n) is 5.40. The highest BCUT2D eigenvalue weighted by Gasteiger charge is 2.27. The van der Waals surface area contributed by atoms with Crippen molar-refractivity contribution in [3.8, 4) is 0 Å². The summed E-state index contributed by atoms with van der Waals surface area (Å²) in [7, 11) is 0. The van der Waals surface area contributed by atoms with Crippen molar-refractivity contribution >= 4 is 56.8 Å². The Kier molecular flexibility index (Phi) is 6.56. The van der Waals surface area contributed by atoms with Crippen LogP contribution in [0.4, 0.5) is 5.69 Å². The Hall–Kier alpha value is -1.84. The van der Waals surface area contributed by atoms with Gasteiger partial charge in [-0.05, 0) is 41.2 Å². The monoisotopic (exact) mass is 469 g/mol. The van der Waals surface area contributed by atoms with Crippen LogP contribution >= 0.6 is 39.3 Å². The van der Waals surface area contributed by atoms with E-state index in [9.17, 15) is 4.79 Å². The molecule has 0 fully saturated rings. The van der Waals surface area contributed by atoms with E-state index >= 15 is 0 Å². The van der Waals surface area contributed by atoms with Crippen molar-refractivity contribution < 1.29 is 9.53 Å². The fraction of sp³-hybridized carbons (Fsp3) is 0.294. The van der Waals surface area contributed by atoms with Gasteiger partial charge in [0.15, 0.2) is 11.0 Å². The number of rotatable bonds is 6. The Bertz CT molecular complexity index is 875. The van der Waals surface area contributed by atoms with E-state index in [0.29, 0.717) is 40.5 Å². The van der Waals surface area contributed by atoms with Gasteiger partial charge in [-0.1, -0.05) is 29.4 Å². The SMILES string of the molecule is CCOC(=O)c1cnc(SC)nc1C1=NCCN1Nc1c(Cl)cccc1Br. The highest BCUT2D eigenvalue weighted by atomic mass is 79.9. The average Bonchev–Trinajstić information content (AvgIpc) is 3.12. The molecule has 0 saturated heterocycles. The number of hydrogen-bond donors (Lipinski definition) is 1. The summed E-state index contributed by atoms with van der Waals surface area (Å²) >= 11 is 11.2. The topological polar surface area (TPSA) is 79.7 Å². The number of carbonyl (C=O) groups is 1. The normalized spacial score (nSPS) is 13.5. The van der Waals surface area contributed by atoms with Crippen LogP contribution in [0.1, 0.15) is 23.0 Å². The third-order valence-corrected chi connectivity index (χ3v) is 5.24. The summed E-state index contributed by atoms with van der Waals surface area (Å²) in [6.45, 7) is 3.19. The molecule has 3 rings (SSSR count). The predicted octanol–water partition coefficient (Wildman–Crippen LogP) is 3.88. The quantitative estimate of drug-likeness (QED) is 0.390. The number of para-hydroxylation sites is 1. The van der Waals surface area contributed by atoms with E-state index in [2.05, 4.69) is 36.3 Å². The summed E-state index contributed by atoms with van der Waals surface area (Å²) in [6.07, 6.45) is 3.35. The summed E-state index contributed by atoms with van der Waals surface area (Å²) in [4.78, 5) is 25.6. The third kappa shape index (κ3) is 4.36. The number of aromatic nitrogens is 2. The van der Waals surface area contributed by atoms with E-state index < -0.39 is 5.97 Å². The minimum Gasteiger partial charge on any atom is -0.462 e. The maximum absolute atomic E-state index is 12.4. The van der Waals surface area contributed by atoms with E-state index in [0.717, 1.165) is 4.47 Å². The first kappa shape index (κ1) is 19.9. The molecule has 1 aliphatic rings. The summed E-state index contributed by atoms with van der Waals surface area (Å²) < 4.78 is 5.96. The van der Waals surface area contributed by atoms with Crippen LogP contribution in [0, 0.1) is 0 Å². The van der Waals surface area contributed by atoms with Gasteiger partial charge in [0.05, 0.1) is 30.4 Å². The van der Waals surface area contributed by atoms with Crippen molar-refractivity contribution in [3.63, 3.8) is 0 Å². The van der Waals surface area contributed by atoms with Gasteiger partial charge in [-0.3, -0.25) is 15.4 Å². The molecule has 142 valence electrons. The molecule has 0 radical (unpaired) electrons. The minimum atomic E-state index is -0.478. The van der Waals surface area contributed by atoms with Crippen LogP contribution in [0.15, 0.2) is 39.0 Å². The number of nitrogens with zero attached hydrogens (tertiary/aromatic N) is 4. The summed E-state index contributed by atoms with van der Waals surface area (Å²) in [5.41, 5.74) is 4.69. The lowest BCUT2D eigenvalue weighted by molar-refractivity contribution is 0.0524. The number of aliphatic imine (C=N–C) groups is 1. The smallest absolute Gasteiger partial charge is 0.342 e. The predicted molar refractivity (Wildman–Crippen MR) is 111 cm³/mol. The molecule has 10 heteroatoms. The van der Waals surface area contributed by atoms with E-state index in [1.165, 1.54) is 18.0 Å². The van der Waals surface area contributed by atoms with Gasteiger partial charge in [0.1, 0.15) is 11.3 Å². The molecule has 0 amide bonds. The van der Waals surface area contributed by atoms with Crippen molar-refractivity contribution in [2.45, 2.75) is 12.1 Å². The molecular weight excluding hydrogens is 454 g/mol. The lowest BCUT2D eigenvalue weighted by atomic mass is 10.2. The number of anilines is 1. The highest BCUT2D eigenvalue weighted by molar-refractivity contribution is 9.10. The van der Waals surface area contributed by atoms with E-state index in [1.54, 1.807) is 13.0 Å². The Balaban J connectivity index is 1.98. The molecule has 1 aromatic heterocycles. The molecular formula is C17H17BrClN5O2S.